The molecule has 0 radical (unpaired) electrons. The largest absolute Gasteiger partial charge is 0.372 e. The molecule has 1 saturated heterocycles. The van der Waals surface area contributed by atoms with Gasteiger partial charge in [0.15, 0.2) is 0 Å². The van der Waals surface area contributed by atoms with Crippen LogP contribution < -0.4 is 10.2 Å². The van der Waals surface area contributed by atoms with Crippen LogP contribution in [0.4, 0.5) is 5.69 Å². The molecule has 2 heteroatoms. The molecule has 0 unspecified atom stereocenters. The van der Waals surface area contributed by atoms with Gasteiger partial charge in [-0.2, -0.15) is 0 Å². The summed E-state index contributed by atoms with van der Waals surface area (Å²) in [4.78, 5) is 2.55. The van der Waals surface area contributed by atoms with E-state index in [1.54, 1.807) is 0 Å². The number of rotatable bonds is 4. The fourth-order valence-corrected chi connectivity index (χ4v) is 2.88. The van der Waals surface area contributed by atoms with E-state index in [4.69, 9.17) is 0 Å². The van der Waals surface area contributed by atoms with E-state index < -0.39 is 0 Å². The molecule has 2 nitrogen and oxygen atoms in total. The lowest BCUT2D eigenvalue weighted by Gasteiger charge is -2.32. The van der Waals surface area contributed by atoms with Crippen LogP contribution in [0.5, 0.6) is 0 Å². The first-order valence-corrected chi connectivity index (χ1v) is 7.80. The fraction of sp³-hybridized carbons (Fsp3) is 0.647. The summed E-state index contributed by atoms with van der Waals surface area (Å²) < 4.78 is 0. The lowest BCUT2D eigenvalue weighted by Crippen LogP contribution is -2.32. The third kappa shape index (κ3) is 3.30. The van der Waals surface area contributed by atoms with E-state index in [2.05, 4.69) is 42.3 Å². The van der Waals surface area contributed by atoms with Crippen molar-refractivity contribution in [2.24, 2.45) is 5.92 Å². The average Bonchev–Trinajstić information content (AvgIpc) is 3.22. The number of aryl methyl sites for hydroxylation is 1. The molecule has 0 aromatic heterocycles. The standard InChI is InChI=1S/C17H26N2/c1-13-7-9-19(10-8-13)17-6-3-15(14(2)11-17)12-18-16-4-5-16/h3,6,11,13,16,18H,4-5,7-10,12H2,1-2H3. The summed E-state index contributed by atoms with van der Waals surface area (Å²) in [6.07, 6.45) is 5.40. The number of hydrogen-bond donors (Lipinski definition) is 1. The third-order valence-electron chi connectivity index (χ3n) is 4.63. The first-order chi connectivity index (χ1) is 9.22. The second-order valence-electron chi connectivity index (χ2n) is 6.44. The Hall–Kier alpha value is -1.02. The molecule has 2 aliphatic rings. The Balaban J connectivity index is 1.64. The van der Waals surface area contributed by atoms with Crippen LogP contribution in [0.15, 0.2) is 18.2 Å². The Morgan fingerprint density at radius 2 is 1.89 bits per heavy atom. The zero-order chi connectivity index (χ0) is 13.2. The van der Waals surface area contributed by atoms with Gasteiger partial charge < -0.3 is 10.2 Å². The Kier molecular flexibility index (Phi) is 3.79. The van der Waals surface area contributed by atoms with Crippen LogP contribution in [0.3, 0.4) is 0 Å². The van der Waals surface area contributed by atoms with Gasteiger partial charge in [-0.3, -0.25) is 0 Å². The van der Waals surface area contributed by atoms with Crippen LogP contribution in [0.25, 0.3) is 0 Å². The topological polar surface area (TPSA) is 15.3 Å². The number of nitrogens with zero attached hydrogens (tertiary/aromatic N) is 1. The maximum Gasteiger partial charge on any atom is 0.0369 e. The van der Waals surface area contributed by atoms with Crippen LogP contribution in [0.1, 0.15) is 43.7 Å². The zero-order valence-electron chi connectivity index (χ0n) is 12.3. The number of hydrogen-bond acceptors (Lipinski definition) is 2. The first kappa shape index (κ1) is 13.0. The molecule has 19 heavy (non-hydrogen) atoms. The molecule has 1 saturated carbocycles. The SMILES string of the molecule is Cc1cc(N2CCC(C)CC2)ccc1CNC1CC1. The molecule has 2 fully saturated rings. The van der Waals surface area contributed by atoms with Gasteiger partial charge in [0.05, 0.1) is 0 Å². The third-order valence-corrected chi connectivity index (χ3v) is 4.63. The molecule has 3 rings (SSSR count). The monoisotopic (exact) mass is 258 g/mol. The lowest BCUT2D eigenvalue weighted by molar-refractivity contribution is 0.438. The van der Waals surface area contributed by atoms with E-state index in [0.29, 0.717) is 0 Å². The Morgan fingerprint density at radius 1 is 1.16 bits per heavy atom. The van der Waals surface area contributed by atoms with E-state index in [-0.39, 0.29) is 0 Å². The predicted molar refractivity (Wildman–Crippen MR) is 81.7 cm³/mol. The van der Waals surface area contributed by atoms with E-state index >= 15 is 0 Å². The van der Waals surface area contributed by atoms with E-state index in [1.807, 2.05) is 0 Å². The van der Waals surface area contributed by atoms with E-state index in [9.17, 15) is 0 Å². The van der Waals surface area contributed by atoms with Crippen LogP contribution in [0.2, 0.25) is 0 Å². The normalized spacial score (nSPS) is 20.8. The highest BCUT2D eigenvalue weighted by molar-refractivity contribution is 5.51. The van der Waals surface area contributed by atoms with Crippen LogP contribution in [-0.4, -0.2) is 19.1 Å². The molecule has 1 N–H and O–H groups in total. The summed E-state index contributed by atoms with van der Waals surface area (Å²) in [5, 5.41) is 3.60. The van der Waals surface area contributed by atoms with Crippen molar-refractivity contribution < 1.29 is 0 Å². The Labute approximate surface area is 117 Å². The summed E-state index contributed by atoms with van der Waals surface area (Å²) >= 11 is 0. The number of piperidine rings is 1. The molecule has 0 spiro atoms. The maximum absolute atomic E-state index is 3.60. The van der Waals surface area contributed by atoms with Gasteiger partial charge in [-0.25, -0.2) is 0 Å². The van der Waals surface area contributed by atoms with Crippen molar-refractivity contribution in [3.05, 3.63) is 29.3 Å². The predicted octanol–water partition coefficient (Wildman–Crippen LogP) is 3.48. The van der Waals surface area contributed by atoms with Crippen molar-refractivity contribution in [3.8, 4) is 0 Å². The van der Waals surface area contributed by atoms with E-state index in [0.717, 1.165) is 18.5 Å². The fourth-order valence-electron chi connectivity index (χ4n) is 2.88. The maximum atomic E-state index is 3.60. The summed E-state index contributed by atoms with van der Waals surface area (Å²) in [5.74, 6) is 0.902. The minimum Gasteiger partial charge on any atom is -0.372 e. The molecule has 1 aliphatic heterocycles. The van der Waals surface area contributed by atoms with Crippen molar-refractivity contribution in [2.75, 3.05) is 18.0 Å². The molecular weight excluding hydrogens is 232 g/mol. The van der Waals surface area contributed by atoms with Crippen LogP contribution in [-0.2, 0) is 6.54 Å². The van der Waals surface area contributed by atoms with Gasteiger partial charge in [0.1, 0.15) is 0 Å². The van der Waals surface area contributed by atoms with Crippen molar-refractivity contribution in [1.82, 2.24) is 5.32 Å². The first-order valence-electron chi connectivity index (χ1n) is 7.80. The quantitative estimate of drug-likeness (QED) is 0.889. The van der Waals surface area contributed by atoms with Crippen LogP contribution in [0, 0.1) is 12.8 Å². The number of anilines is 1. The minimum atomic E-state index is 0.794. The summed E-state index contributed by atoms with van der Waals surface area (Å²) in [6.45, 7) is 8.10. The number of benzene rings is 1. The minimum absolute atomic E-state index is 0.794. The molecule has 0 amide bonds. The highest BCUT2D eigenvalue weighted by Crippen LogP contribution is 2.25. The van der Waals surface area contributed by atoms with Gasteiger partial charge in [-0.05, 0) is 61.8 Å². The molecule has 1 heterocycles. The zero-order valence-corrected chi connectivity index (χ0v) is 12.3. The molecule has 104 valence electrons. The van der Waals surface area contributed by atoms with Crippen molar-refractivity contribution >= 4 is 5.69 Å². The lowest BCUT2D eigenvalue weighted by atomic mass is 9.98. The highest BCUT2D eigenvalue weighted by Gasteiger charge is 2.20. The molecule has 0 atom stereocenters. The Morgan fingerprint density at radius 3 is 2.53 bits per heavy atom. The van der Waals surface area contributed by atoms with Gasteiger partial charge in [0.2, 0.25) is 0 Å². The molecule has 0 bridgehead atoms. The highest BCUT2D eigenvalue weighted by atomic mass is 15.1. The van der Waals surface area contributed by atoms with Crippen molar-refractivity contribution in [3.63, 3.8) is 0 Å². The Bertz CT molecular complexity index is 429. The van der Waals surface area contributed by atoms with Gasteiger partial charge in [0.25, 0.3) is 0 Å². The van der Waals surface area contributed by atoms with Gasteiger partial charge in [0, 0.05) is 31.4 Å². The van der Waals surface area contributed by atoms with Crippen molar-refractivity contribution in [1.29, 1.82) is 0 Å². The molecule has 1 aliphatic carbocycles. The average molecular weight is 258 g/mol. The summed E-state index contributed by atoms with van der Waals surface area (Å²) in [5.41, 5.74) is 4.31. The van der Waals surface area contributed by atoms with Gasteiger partial charge in [-0.15, -0.1) is 0 Å². The second-order valence-corrected chi connectivity index (χ2v) is 6.44. The molecule has 1 aromatic carbocycles. The van der Waals surface area contributed by atoms with Crippen molar-refractivity contribution in [2.45, 2.75) is 52.1 Å². The smallest absolute Gasteiger partial charge is 0.0369 e. The number of nitrogens with one attached hydrogen (secondary N) is 1. The van der Waals surface area contributed by atoms with Gasteiger partial charge >= 0.3 is 0 Å². The molecular formula is C17H26N2. The van der Waals surface area contributed by atoms with Gasteiger partial charge in [-0.1, -0.05) is 13.0 Å². The summed E-state index contributed by atoms with van der Waals surface area (Å²) in [7, 11) is 0. The summed E-state index contributed by atoms with van der Waals surface area (Å²) in [6, 6.07) is 7.80. The van der Waals surface area contributed by atoms with Crippen LogP contribution >= 0.6 is 0 Å². The van der Waals surface area contributed by atoms with E-state index in [1.165, 1.54) is 55.6 Å². The molecule has 1 aromatic rings. The second kappa shape index (κ2) is 5.54.